The molecular weight excluding hydrogens is 347 g/mol. The van der Waals surface area contributed by atoms with Crippen LogP contribution < -0.4 is 10.4 Å². The summed E-state index contributed by atoms with van der Waals surface area (Å²) in [7, 11) is -2.67. The lowest BCUT2D eigenvalue weighted by atomic mass is 10.2. The van der Waals surface area contributed by atoms with Crippen molar-refractivity contribution in [2.24, 2.45) is 0 Å². The molecule has 0 spiro atoms. The molecule has 1 saturated heterocycles. The first-order valence-electron chi connectivity index (χ1n) is 8.94. The number of carbonyl (C=O) groups excluding carboxylic acids is 1. The molecule has 0 radical (unpaired) electrons. The Morgan fingerprint density at radius 3 is 1.92 bits per heavy atom. The third-order valence-electron chi connectivity index (χ3n) is 4.91. The van der Waals surface area contributed by atoms with Crippen LogP contribution in [0.4, 0.5) is 4.39 Å². The van der Waals surface area contributed by atoms with Gasteiger partial charge in [-0.1, -0.05) is 81.4 Å². The van der Waals surface area contributed by atoms with E-state index in [1.807, 2.05) is 36.4 Å². The molecule has 0 N–H and O–H groups in total. The van der Waals surface area contributed by atoms with Crippen molar-refractivity contribution in [3.8, 4) is 0 Å². The Morgan fingerprint density at radius 2 is 1.54 bits per heavy atom. The van der Waals surface area contributed by atoms with Crippen LogP contribution in [0.15, 0.2) is 60.7 Å². The highest BCUT2D eigenvalue weighted by Crippen LogP contribution is 2.37. The quantitative estimate of drug-likeness (QED) is 0.597. The van der Waals surface area contributed by atoms with E-state index in [0.29, 0.717) is 0 Å². The summed E-state index contributed by atoms with van der Waals surface area (Å²) in [5.41, 5.74) is 0. The number of alkyl halides is 1. The van der Waals surface area contributed by atoms with Gasteiger partial charge in [0.25, 0.3) is 8.32 Å². The summed E-state index contributed by atoms with van der Waals surface area (Å²) < 4.78 is 25.3. The molecule has 1 heterocycles. The third-order valence-corrected chi connectivity index (χ3v) is 9.92. The Labute approximate surface area is 155 Å². The van der Waals surface area contributed by atoms with E-state index in [9.17, 15) is 9.18 Å². The summed E-state index contributed by atoms with van der Waals surface area (Å²) in [5, 5.41) is 2.15. The Bertz CT molecular complexity index is 703. The summed E-state index contributed by atoms with van der Waals surface area (Å²) in [6, 6.07) is 20.4. The number of hydrogen-bond donors (Lipinski definition) is 0. The summed E-state index contributed by atoms with van der Waals surface area (Å²) in [5.74, 6) is -0.777. The van der Waals surface area contributed by atoms with Gasteiger partial charge in [0.2, 0.25) is 6.17 Å². The van der Waals surface area contributed by atoms with Crippen molar-refractivity contribution in [3.05, 3.63) is 60.7 Å². The lowest BCUT2D eigenvalue weighted by molar-refractivity contribution is -0.145. The molecule has 3 nitrogen and oxygen atoms in total. The fourth-order valence-corrected chi connectivity index (χ4v) is 8.29. The standard InChI is InChI=1S/C21H25FO3Si/c1-21(2,3)26(17-10-6-4-7-11-17,18-12-8-5-9-13-18)24-15-16-14-19(22)20(23)25-16/h4-13,16,19H,14-15H2,1-3H3. The van der Waals surface area contributed by atoms with Gasteiger partial charge in [0.1, 0.15) is 6.10 Å². The molecule has 1 fully saturated rings. The van der Waals surface area contributed by atoms with E-state index in [0.717, 1.165) is 10.4 Å². The first-order chi connectivity index (χ1) is 12.3. The van der Waals surface area contributed by atoms with E-state index < -0.39 is 26.6 Å². The van der Waals surface area contributed by atoms with Crippen LogP contribution in [0.3, 0.4) is 0 Å². The first-order valence-corrected chi connectivity index (χ1v) is 10.8. The minimum Gasteiger partial charge on any atom is -0.458 e. The molecule has 0 aliphatic carbocycles. The SMILES string of the molecule is CC(C)(C)[Si](OCC1CC(F)C(=O)O1)(c1ccccc1)c1ccccc1. The lowest BCUT2D eigenvalue weighted by Gasteiger charge is -2.43. The Hall–Kier alpha value is -1.98. The Balaban J connectivity index is 2.02. The van der Waals surface area contributed by atoms with Gasteiger partial charge in [-0.15, -0.1) is 0 Å². The minimum atomic E-state index is -2.67. The van der Waals surface area contributed by atoms with E-state index in [1.54, 1.807) is 0 Å². The predicted molar refractivity (Wildman–Crippen MR) is 103 cm³/mol. The molecule has 0 saturated carbocycles. The number of halogens is 1. The summed E-state index contributed by atoms with van der Waals surface area (Å²) >= 11 is 0. The van der Waals surface area contributed by atoms with Crippen LogP contribution in [0.2, 0.25) is 5.04 Å². The molecule has 1 aliphatic heterocycles. The van der Waals surface area contributed by atoms with Gasteiger partial charge in [0.05, 0.1) is 6.61 Å². The zero-order chi connectivity index (χ0) is 18.8. The van der Waals surface area contributed by atoms with Crippen LogP contribution in [0.5, 0.6) is 0 Å². The Kier molecular flexibility index (Phi) is 5.30. The number of cyclic esters (lactones) is 1. The number of carbonyl (C=O) groups is 1. The van der Waals surface area contributed by atoms with E-state index in [1.165, 1.54) is 0 Å². The maximum Gasteiger partial charge on any atom is 0.341 e. The van der Waals surface area contributed by atoms with E-state index in [-0.39, 0.29) is 18.1 Å². The predicted octanol–water partition coefficient (Wildman–Crippen LogP) is 3.22. The van der Waals surface area contributed by atoms with Crippen molar-refractivity contribution in [1.82, 2.24) is 0 Å². The number of hydrogen-bond acceptors (Lipinski definition) is 3. The van der Waals surface area contributed by atoms with Gasteiger partial charge >= 0.3 is 5.97 Å². The van der Waals surface area contributed by atoms with Gasteiger partial charge in [-0.25, -0.2) is 9.18 Å². The average Bonchev–Trinajstić information content (AvgIpc) is 2.94. The Morgan fingerprint density at radius 1 is 1.04 bits per heavy atom. The molecule has 26 heavy (non-hydrogen) atoms. The second-order valence-electron chi connectivity index (χ2n) is 7.74. The van der Waals surface area contributed by atoms with Crippen molar-refractivity contribution in [2.45, 2.75) is 44.5 Å². The lowest BCUT2D eigenvalue weighted by Crippen LogP contribution is -2.67. The molecule has 2 unspecified atom stereocenters. The molecule has 5 heteroatoms. The molecule has 0 bridgehead atoms. The van der Waals surface area contributed by atoms with Crippen LogP contribution in [0.1, 0.15) is 27.2 Å². The van der Waals surface area contributed by atoms with Crippen LogP contribution in [0, 0.1) is 0 Å². The molecule has 138 valence electrons. The number of esters is 1. The average molecular weight is 373 g/mol. The van der Waals surface area contributed by atoms with Crippen LogP contribution in [-0.2, 0) is 14.0 Å². The van der Waals surface area contributed by atoms with Crippen LogP contribution in [-0.4, -0.2) is 33.2 Å². The molecule has 0 amide bonds. The van der Waals surface area contributed by atoms with Crippen LogP contribution >= 0.6 is 0 Å². The molecule has 1 aliphatic rings. The van der Waals surface area contributed by atoms with Gasteiger partial charge in [0.15, 0.2) is 0 Å². The highest BCUT2D eigenvalue weighted by molar-refractivity contribution is 6.99. The summed E-state index contributed by atoms with van der Waals surface area (Å²) in [6.45, 7) is 6.74. The smallest absolute Gasteiger partial charge is 0.341 e. The molecule has 3 rings (SSSR count). The normalized spacial score (nSPS) is 20.8. The first kappa shape index (κ1) is 18.8. The van der Waals surface area contributed by atoms with Gasteiger partial charge in [-0.2, -0.15) is 0 Å². The summed E-state index contributed by atoms with van der Waals surface area (Å²) in [6.07, 6.45) is -2.00. The van der Waals surface area contributed by atoms with Crippen molar-refractivity contribution in [2.75, 3.05) is 6.61 Å². The monoisotopic (exact) mass is 372 g/mol. The zero-order valence-corrected chi connectivity index (χ0v) is 16.4. The topological polar surface area (TPSA) is 35.5 Å². The van der Waals surface area contributed by atoms with Crippen LogP contribution in [0.25, 0.3) is 0 Å². The number of benzene rings is 2. The van der Waals surface area contributed by atoms with Crippen molar-refractivity contribution >= 4 is 24.7 Å². The van der Waals surface area contributed by atoms with E-state index in [4.69, 9.17) is 9.16 Å². The van der Waals surface area contributed by atoms with Crippen molar-refractivity contribution < 1.29 is 18.3 Å². The van der Waals surface area contributed by atoms with Gasteiger partial charge in [-0.3, -0.25) is 0 Å². The molecule has 2 aromatic rings. The summed E-state index contributed by atoms with van der Waals surface area (Å²) in [4.78, 5) is 11.4. The van der Waals surface area contributed by atoms with E-state index >= 15 is 0 Å². The fraction of sp³-hybridized carbons (Fsp3) is 0.381. The van der Waals surface area contributed by atoms with Gasteiger partial charge in [-0.05, 0) is 15.4 Å². The fourth-order valence-electron chi connectivity index (χ4n) is 3.69. The highest BCUT2D eigenvalue weighted by Gasteiger charge is 2.51. The maximum atomic E-state index is 13.5. The highest BCUT2D eigenvalue weighted by atomic mass is 28.4. The van der Waals surface area contributed by atoms with Crippen molar-refractivity contribution in [3.63, 3.8) is 0 Å². The molecule has 2 aromatic carbocycles. The second-order valence-corrected chi connectivity index (χ2v) is 12.0. The third kappa shape index (κ3) is 3.46. The number of ether oxygens (including phenoxy) is 1. The molecular formula is C21H25FO3Si. The largest absolute Gasteiger partial charge is 0.458 e. The zero-order valence-electron chi connectivity index (χ0n) is 15.4. The van der Waals surface area contributed by atoms with Gasteiger partial charge in [0, 0.05) is 6.42 Å². The maximum absolute atomic E-state index is 13.5. The number of rotatable bonds is 5. The van der Waals surface area contributed by atoms with Crippen molar-refractivity contribution in [1.29, 1.82) is 0 Å². The second kappa shape index (κ2) is 7.33. The van der Waals surface area contributed by atoms with Gasteiger partial charge < -0.3 is 9.16 Å². The molecule has 2 atom stereocenters. The molecule has 0 aromatic heterocycles. The minimum absolute atomic E-state index is 0.0665. The van der Waals surface area contributed by atoms with E-state index in [2.05, 4.69) is 45.0 Å².